The number of ether oxygens (including phenoxy) is 1. The number of imidazole rings is 1. The molecule has 21 heavy (non-hydrogen) atoms. The van der Waals surface area contributed by atoms with E-state index in [2.05, 4.69) is 9.97 Å². The van der Waals surface area contributed by atoms with Crippen molar-refractivity contribution in [3.05, 3.63) is 30.4 Å². The van der Waals surface area contributed by atoms with E-state index in [9.17, 15) is 9.59 Å². The van der Waals surface area contributed by atoms with Crippen molar-refractivity contribution in [2.45, 2.75) is 25.7 Å². The second-order valence-electron chi connectivity index (χ2n) is 4.71. The number of carboxylic acid groups (broad SMARTS) is 2. The van der Waals surface area contributed by atoms with Crippen molar-refractivity contribution in [1.82, 2.24) is 9.97 Å². The summed E-state index contributed by atoms with van der Waals surface area (Å²) >= 11 is 0. The van der Waals surface area contributed by atoms with E-state index in [1.165, 1.54) is 18.5 Å². The number of H-pyrrole nitrogens is 1. The lowest BCUT2D eigenvalue weighted by atomic mass is 10.2. The van der Waals surface area contributed by atoms with E-state index in [4.69, 9.17) is 14.9 Å². The number of carboxylic acids is 2. The number of rotatable bonds is 8. The Morgan fingerprint density at radius 3 is 2.48 bits per heavy atom. The average molecular weight is 296 g/mol. The van der Waals surface area contributed by atoms with Gasteiger partial charge in [0, 0.05) is 37.3 Å². The zero-order valence-electron chi connectivity index (χ0n) is 11.7. The molecule has 1 aromatic heterocycles. The second kappa shape index (κ2) is 9.71. The molecule has 1 aliphatic carbocycles. The summed E-state index contributed by atoms with van der Waals surface area (Å²) < 4.78 is 5.52. The van der Waals surface area contributed by atoms with Gasteiger partial charge in [-0.3, -0.25) is 0 Å². The van der Waals surface area contributed by atoms with Crippen molar-refractivity contribution in [2.75, 3.05) is 13.2 Å². The van der Waals surface area contributed by atoms with Crippen LogP contribution in [0.25, 0.3) is 0 Å². The maximum Gasteiger partial charge on any atom is 0.328 e. The smallest absolute Gasteiger partial charge is 0.328 e. The highest BCUT2D eigenvalue weighted by molar-refractivity contribution is 5.89. The Morgan fingerprint density at radius 1 is 1.33 bits per heavy atom. The molecule has 0 bridgehead atoms. The van der Waals surface area contributed by atoms with E-state index in [1.54, 1.807) is 6.33 Å². The van der Waals surface area contributed by atoms with Gasteiger partial charge in [0.2, 0.25) is 0 Å². The quantitative estimate of drug-likeness (QED) is 0.495. The first-order valence-electron chi connectivity index (χ1n) is 6.77. The van der Waals surface area contributed by atoms with Gasteiger partial charge in [-0.1, -0.05) is 0 Å². The van der Waals surface area contributed by atoms with Gasteiger partial charge in [-0.05, 0) is 31.6 Å². The summed E-state index contributed by atoms with van der Waals surface area (Å²) in [5.41, 5.74) is 1.20. The molecule has 0 unspecified atom stereocenters. The Labute approximate surface area is 122 Å². The van der Waals surface area contributed by atoms with Crippen LogP contribution >= 0.6 is 0 Å². The zero-order chi connectivity index (χ0) is 15.5. The highest BCUT2D eigenvalue weighted by Gasteiger charge is 2.20. The van der Waals surface area contributed by atoms with Crippen LogP contribution in [-0.4, -0.2) is 45.3 Å². The van der Waals surface area contributed by atoms with Gasteiger partial charge in [-0.25, -0.2) is 14.6 Å². The summed E-state index contributed by atoms with van der Waals surface area (Å²) in [5, 5.41) is 15.6. The Kier molecular flexibility index (Phi) is 7.81. The number of aromatic nitrogens is 2. The average Bonchev–Trinajstić information content (AvgIpc) is 3.11. The van der Waals surface area contributed by atoms with E-state index in [0.29, 0.717) is 12.2 Å². The minimum absolute atomic E-state index is 0.558. The van der Waals surface area contributed by atoms with Crippen molar-refractivity contribution in [3.8, 4) is 0 Å². The van der Waals surface area contributed by atoms with Crippen LogP contribution in [0.4, 0.5) is 0 Å². The minimum Gasteiger partial charge on any atom is -0.478 e. The Hall–Kier alpha value is -2.15. The van der Waals surface area contributed by atoms with Gasteiger partial charge >= 0.3 is 11.9 Å². The van der Waals surface area contributed by atoms with E-state index in [0.717, 1.165) is 32.0 Å². The predicted molar refractivity (Wildman–Crippen MR) is 74.9 cm³/mol. The van der Waals surface area contributed by atoms with E-state index in [1.807, 2.05) is 6.20 Å². The van der Waals surface area contributed by atoms with Gasteiger partial charge in [0.05, 0.1) is 6.33 Å². The molecule has 1 aromatic rings. The SMILES string of the molecule is O=C(O)/C=C\C(=O)O.c1ncc(CCCOCC2CC2)[nH]1. The van der Waals surface area contributed by atoms with E-state index >= 15 is 0 Å². The van der Waals surface area contributed by atoms with Crippen molar-refractivity contribution >= 4 is 11.9 Å². The summed E-state index contributed by atoms with van der Waals surface area (Å²) in [6, 6.07) is 0. The molecule has 0 aromatic carbocycles. The van der Waals surface area contributed by atoms with Gasteiger partial charge in [0.25, 0.3) is 0 Å². The minimum atomic E-state index is -1.26. The normalized spacial score (nSPS) is 13.7. The number of hydrogen-bond acceptors (Lipinski definition) is 4. The number of aryl methyl sites for hydroxylation is 1. The van der Waals surface area contributed by atoms with Crippen LogP contribution in [0, 0.1) is 5.92 Å². The lowest BCUT2D eigenvalue weighted by molar-refractivity contribution is -0.134. The molecule has 2 rings (SSSR count). The molecular weight excluding hydrogens is 276 g/mol. The number of carbonyl (C=O) groups is 2. The molecular formula is C14H20N2O5. The number of nitrogens with one attached hydrogen (secondary N) is 1. The van der Waals surface area contributed by atoms with Crippen LogP contribution in [0.5, 0.6) is 0 Å². The number of hydrogen-bond donors (Lipinski definition) is 3. The lowest BCUT2D eigenvalue weighted by Crippen LogP contribution is -1.99. The summed E-state index contributed by atoms with van der Waals surface area (Å²) in [6.45, 7) is 1.86. The maximum absolute atomic E-state index is 9.55. The molecule has 7 nitrogen and oxygen atoms in total. The summed E-state index contributed by atoms with van der Waals surface area (Å²) in [4.78, 5) is 26.2. The van der Waals surface area contributed by atoms with Crippen LogP contribution in [-0.2, 0) is 20.7 Å². The van der Waals surface area contributed by atoms with Crippen LogP contribution in [0.1, 0.15) is 25.0 Å². The largest absolute Gasteiger partial charge is 0.478 e. The molecule has 7 heteroatoms. The van der Waals surface area contributed by atoms with Gasteiger partial charge in [0.1, 0.15) is 0 Å². The molecule has 0 radical (unpaired) electrons. The van der Waals surface area contributed by atoms with Gasteiger partial charge in [-0.15, -0.1) is 0 Å². The highest BCUT2D eigenvalue weighted by atomic mass is 16.5. The summed E-state index contributed by atoms with van der Waals surface area (Å²) in [5.74, 6) is -1.63. The van der Waals surface area contributed by atoms with Gasteiger partial charge in [-0.2, -0.15) is 0 Å². The Balaban J connectivity index is 0.000000240. The lowest BCUT2D eigenvalue weighted by Gasteiger charge is -2.01. The second-order valence-corrected chi connectivity index (χ2v) is 4.71. The third-order valence-electron chi connectivity index (χ3n) is 2.71. The van der Waals surface area contributed by atoms with Crippen LogP contribution in [0.2, 0.25) is 0 Å². The zero-order valence-corrected chi connectivity index (χ0v) is 11.7. The van der Waals surface area contributed by atoms with Gasteiger partial charge < -0.3 is 19.9 Å². The van der Waals surface area contributed by atoms with Crippen molar-refractivity contribution in [1.29, 1.82) is 0 Å². The van der Waals surface area contributed by atoms with E-state index in [-0.39, 0.29) is 0 Å². The molecule has 0 aliphatic heterocycles. The van der Waals surface area contributed by atoms with Crippen LogP contribution in [0.15, 0.2) is 24.7 Å². The van der Waals surface area contributed by atoms with Crippen molar-refractivity contribution in [2.24, 2.45) is 5.92 Å². The molecule has 116 valence electrons. The standard InChI is InChI=1S/C10H16N2O.C4H4O4/c1(2-10-6-11-8-12-10)5-13-7-9-3-4-9;5-3(6)1-2-4(7)8/h6,8-9H,1-5,7H2,(H,11,12);1-2H,(H,5,6)(H,7,8)/b;2-1-. The fourth-order valence-electron chi connectivity index (χ4n) is 1.46. The Bertz CT molecular complexity index is 436. The third-order valence-corrected chi connectivity index (χ3v) is 2.71. The molecule has 1 saturated carbocycles. The van der Waals surface area contributed by atoms with Gasteiger partial charge in [0.15, 0.2) is 0 Å². The number of nitrogens with zero attached hydrogens (tertiary/aromatic N) is 1. The summed E-state index contributed by atoms with van der Waals surface area (Å²) in [7, 11) is 0. The number of aliphatic carboxylic acids is 2. The van der Waals surface area contributed by atoms with E-state index < -0.39 is 11.9 Å². The fourth-order valence-corrected chi connectivity index (χ4v) is 1.46. The molecule has 0 saturated heterocycles. The first-order valence-corrected chi connectivity index (χ1v) is 6.77. The van der Waals surface area contributed by atoms with Crippen LogP contribution in [0.3, 0.4) is 0 Å². The first kappa shape index (κ1) is 16.9. The number of aromatic amines is 1. The third kappa shape index (κ3) is 10.3. The molecule has 0 amide bonds. The Morgan fingerprint density at radius 2 is 2.00 bits per heavy atom. The fraction of sp³-hybridized carbons (Fsp3) is 0.500. The van der Waals surface area contributed by atoms with Crippen molar-refractivity contribution in [3.63, 3.8) is 0 Å². The monoisotopic (exact) mass is 296 g/mol. The molecule has 0 spiro atoms. The van der Waals surface area contributed by atoms with Crippen LogP contribution < -0.4 is 0 Å². The maximum atomic E-state index is 9.55. The van der Waals surface area contributed by atoms with Crippen molar-refractivity contribution < 1.29 is 24.5 Å². The topological polar surface area (TPSA) is 113 Å². The molecule has 3 N–H and O–H groups in total. The molecule has 1 heterocycles. The molecule has 1 fully saturated rings. The summed E-state index contributed by atoms with van der Waals surface area (Å²) in [6.07, 6.45) is 9.60. The predicted octanol–water partition coefficient (Wildman–Crippen LogP) is 1.48. The molecule has 0 atom stereocenters. The first-order chi connectivity index (χ1) is 10.1. The molecule has 1 aliphatic rings. The highest BCUT2D eigenvalue weighted by Crippen LogP contribution is 2.28.